The summed E-state index contributed by atoms with van der Waals surface area (Å²) in [4.78, 5) is 12.8. The van der Waals surface area contributed by atoms with Crippen LogP contribution in [-0.2, 0) is 38.8 Å². The molecule has 35 heavy (non-hydrogen) atoms. The molecule has 0 aliphatic rings. The van der Waals surface area contributed by atoms with E-state index in [-0.39, 0.29) is 19.1 Å². The smallest absolute Gasteiger partial charge is 0.309 e. The van der Waals surface area contributed by atoms with Crippen LogP contribution >= 0.6 is 0 Å². The number of rotatable bonds is 14. The maximum absolute atomic E-state index is 12.8. The van der Waals surface area contributed by atoms with Gasteiger partial charge in [0.15, 0.2) is 0 Å². The summed E-state index contributed by atoms with van der Waals surface area (Å²) < 4.78 is 17.9. The van der Waals surface area contributed by atoms with Gasteiger partial charge in [-0.3, -0.25) is 4.79 Å². The van der Waals surface area contributed by atoms with Crippen LogP contribution in [0.4, 0.5) is 0 Å². The Kier molecular flexibility index (Phi) is 10.9. The number of nitrogens with two attached hydrogens (primary N) is 1. The quantitative estimate of drug-likeness (QED) is 0.338. The lowest BCUT2D eigenvalue weighted by atomic mass is 9.96. The monoisotopic (exact) mass is 477 g/mol. The zero-order valence-electron chi connectivity index (χ0n) is 20.2. The van der Waals surface area contributed by atoms with Crippen LogP contribution in [0, 0.1) is 5.92 Å². The van der Waals surface area contributed by atoms with Gasteiger partial charge < -0.3 is 25.1 Å². The first-order valence-electron chi connectivity index (χ1n) is 12.0. The zero-order valence-corrected chi connectivity index (χ0v) is 20.2. The van der Waals surface area contributed by atoms with Crippen molar-refractivity contribution in [2.45, 2.75) is 51.5 Å². The molecule has 0 aliphatic heterocycles. The molecule has 0 heterocycles. The van der Waals surface area contributed by atoms with Gasteiger partial charge in [-0.15, -0.1) is 0 Å². The summed E-state index contributed by atoms with van der Waals surface area (Å²) in [5.74, 6) is -0.793. The van der Waals surface area contributed by atoms with Gasteiger partial charge in [-0.2, -0.15) is 0 Å². The lowest BCUT2D eigenvalue weighted by Gasteiger charge is -2.32. The highest BCUT2D eigenvalue weighted by Crippen LogP contribution is 2.22. The zero-order chi connectivity index (χ0) is 24.9. The van der Waals surface area contributed by atoms with Gasteiger partial charge in [0.1, 0.15) is 12.7 Å². The van der Waals surface area contributed by atoms with Crippen LogP contribution in [0.3, 0.4) is 0 Å². The van der Waals surface area contributed by atoms with Crippen molar-refractivity contribution in [2.24, 2.45) is 11.7 Å². The molecule has 0 saturated carbocycles. The minimum atomic E-state index is -0.952. The van der Waals surface area contributed by atoms with E-state index in [2.05, 4.69) is 0 Å². The van der Waals surface area contributed by atoms with Gasteiger partial charge in [0, 0.05) is 6.54 Å². The number of carbonyl (C=O) groups excluding carboxylic acids is 1. The number of hydrogen-bond donors (Lipinski definition) is 2. The minimum Gasteiger partial charge on any atom is -0.461 e. The van der Waals surface area contributed by atoms with Crippen LogP contribution in [0.1, 0.15) is 30.0 Å². The highest BCUT2D eigenvalue weighted by Gasteiger charge is 2.33. The normalized spacial score (nSPS) is 14.6. The second-order valence-electron chi connectivity index (χ2n) is 8.63. The highest BCUT2D eigenvalue weighted by atomic mass is 16.6. The number of aliphatic hydroxyl groups excluding tert-OH is 1. The second kappa shape index (κ2) is 14.4. The molecule has 0 radical (unpaired) electrons. The molecule has 6 heteroatoms. The summed E-state index contributed by atoms with van der Waals surface area (Å²) in [5, 5.41) is 10.7. The van der Waals surface area contributed by atoms with Gasteiger partial charge >= 0.3 is 5.97 Å². The summed E-state index contributed by atoms with van der Waals surface area (Å²) in [5.41, 5.74) is 8.69. The number of esters is 1. The molecule has 0 aromatic heterocycles. The lowest BCUT2D eigenvalue weighted by molar-refractivity contribution is -0.157. The third-order valence-electron chi connectivity index (χ3n) is 5.79. The highest BCUT2D eigenvalue weighted by molar-refractivity contribution is 5.72. The molecule has 4 atom stereocenters. The number of benzene rings is 3. The molecule has 0 bridgehead atoms. The van der Waals surface area contributed by atoms with E-state index in [0.717, 1.165) is 16.7 Å². The summed E-state index contributed by atoms with van der Waals surface area (Å²) in [6, 6.07) is 29.0. The van der Waals surface area contributed by atoms with E-state index in [9.17, 15) is 9.90 Å². The molecule has 186 valence electrons. The van der Waals surface area contributed by atoms with Crippen LogP contribution < -0.4 is 5.73 Å². The molecular weight excluding hydrogens is 442 g/mol. The molecule has 3 aromatic rings. The van der Waals surface area contributed by atoms with Crippen LogP contribution in [-0.4, -0.2) is 35.9 Å². The van der Waals surface area contributed by atoms with E-state index in [1.54, 1.807) is 6.92 Å². The predicted molar refractivity (Wildman–Crippen MR) is 135 cm³/mol. The standard InChI is InChI=1S/C29H35NO5/c1-22(29(32)35-21-25-15-9-4-10-16-25)17-27(33-19-23-11-5-2-6-12-23)28(26(31)18-30)34-20-24-13-7-3-8-14-24/h2-16,22,26-28,31H,17-21,30H2,1H3. The lowest BCUT2D eigenvalue weighted by Crippen LogP contribution is -2.46. The minimum absolute atomic E-state index is 0.0114. The average Bonchev–Trinajstić information content (AvgIpc) is 2.91. The molecular formula is C29H35NO5. The molecule has 4 unspecified atom stereocenters. The Hall–Kier alpha value is -3.03. The maximum Gasteiger partial charge on any atom is 0.309 e. The van der Waals surface area contributed by atoms with Crippen molar-refractivity contribution in [3.8, 4) is 0 Å². The van der Waals surface area contributed by atoms with Crippen molar-refractivity contribution >= 4 is 5.97 Å². The van der Waals surface area contributed by atoms with E-state index in [0.29, 0.717) is 19.6 Å². The number of carbonyl (C=O) groups is 1. The van der Waals surface area contributed by atoms with Gasteiger partial charge in [-0.25, -0.2) is 0 Å². The fraction of sp³-hybridized carbons (Fsp3) is 0.345. The molecule has 3 rings (SSSR count). The topological polar surface area (TPSA) is 91.0 Å². The van der Waals surface area contributed by atoms with Crippen molar-refractivity contribution in [3.63, 3.8) is 0 Å². The van der Waals surface area contributed by atoms with Crippen molar-refractivity contribution in [1.29, 1.82) is 0 Å². The van der Waals surface area contributed by atoms with E-state index >= 15 is 0 Å². The number of hydrogen-bond acceptors (Lipinski definition) is 6. The van der Waals surface area contributed by atoms with Crippen molar-refractivity contribution < 1.29 is 24.1 Å². The molecule has 0 spiro atoms. The van der Waals surface area contributed by atoms with Crippen molar-refractivity contribution in [3.05, 3.63) is 108 Å². The Morgan fingerprint density at radius 1 is 0.771 bits per heavy atom. The molecule has 0 amide bonds. The SMILES string of the molecule is CC(CC(OCc1ccccc1)C(OCc1ccccc1)C(O)CN)C(=O)OCc1ccccc1. The Labute approximate surface area is 207 Å². The first-order chi connectivity index (χ1) is 17.1. The van der Waals surface area contributed by atoms with Gasteiger partial charge in [0.25, 0.3) is 0 Å². The third kappa shape index (κ3) is 8.92. The molecule has 0 aliphatic carbocycles. The number of ether oxygens (including phenoxy) is 3. The fourth-order valence-electron chi connectivity index (χ4n) is 3.76. The summed E-state index contributed by atoms with van der Waals surface area (Å²) in [6.45, 7) is 2.63. The Morgan fingerprint density at radius 2 is 1.23 bits per heavy atom. The summed E-state index contributed by atoms with van der Waals surface area (Å²) in [7, 11) is 0. The van der Waals surface area contributed by atoms with E-state index < -0.39 is 24.2 Å². The molecule has 6 nitrogen and oxygen atoms in total. The average molecular weight is 478 g/mol. The first kappa shape index (κ1) is 26.6. The predicted octanol–water partition coefficient (Wildman–Crippen LogP) is 4.25. The second-order valence-corrected chi connectivity index (χ2v) is 8.63. The first-order valence-corrected chi connectivity index (χ1v) is 12.0. The van der Waals surface area contributed by atoms with Crippen molar-refractivity contribution in [1.82, 2.24) is 0 Å². The molecule has 3 aromatic carbocycles. The third-order valence-corrected chi connectivity index (χ3v) is 5.79. The maximum atomic E-state index is 12.8. The fourth-order valence-corrected chi connectivity index (χ4v) is 3.76. The van der Waals surface area contributed by atoms with Gasteiger partial charge in [-0.05, 0) is 23.1 Å². The van der Waals surface area contributed by atoms with Crippen LogP contribution in [0.5, 0.6) is 0 Å². The van der Waals surface area contributed by atoms with Gasteiger partial charge in [-0.1, -0.05) is 97.9 Å². The Morgan fingerprint density at radius 3 is 1.71 bits per heavy atom. The number of aliphatic hydroxyl groups is 1. The molecule has 0 fully saturated rings. The summed E-state index contributed by atoms with van der Waals surface area (Å²) in [6.07, 6.45) is -1.92. The largest absolute Gasteiger partial charge is 0.461 e. The molecule has 0 saturated heterocycles. The Bertz CT molecular complexity index is 984. The van der Waals surface area contributed by atoms with Crippen LogP contribution in [0.25, 0.3) is 0 Å². The summed E-state index contributed by atoms with van der Waals surface area (Å²) >= 11 is 0. The van der Waals surface area contributed by atoms with Crippen molar-refractivity contribution in [2.75, 3.05) is 6.54 Å². The van der Waals surface area contributed by atoms with E-state index in [1.807, 2.05) is 91.0 Å². The van der Waals surface area contributed by atoms with E-state index in [1.165, 1.54) is 0 Å². The van der Waals surface area contributed by atoms with E-state index in [4.69, 9.17) is 19.9 Å². The van der Waals surface area contributed by atoms with Gasteiger partial charge in [0.2, 0.25) is 0 Å². The van der Waals surface area contributed by atoms with Crippen LogP contribution in [0.15, 0.2) is 91.0 Å². The van der Waals surface area contributed by atoms with Gasteiger partial charge in [0.05, 0.1) is 31.3 Å². The Balaban J connectivity index is 1.69. The van der Waals surface area contributed by atoms with Crippen LogP contribution in [0.2, 0.25) is 0 Å². The molecule has 3 N–H and O–H groups in total.